The van der Waals surface area contributed by atoms with E-state index >= 15 is 0 Å². The molecule has 1 amide bonds. The molecule has 6 heteroatoms. The number of likely N-dealkylation sites (tertiary alicyclic amines) is 1. The number of amides is 1. The number of carbonyl (C=O) groups is 1. The molecular formula is C26H26FN3O2. The molecule has 1 fully saturated rings. The molecule has 0 aliphatic carbocycles. The van der Waals surface area contributed by atoms with Gasteiger partial charge in [-0.1, -0.05) is 12.1 Å². The number of fused-ring (bicyclic) bond motifs is 1. The van der Waals surface area contributed by atoms with Crippen LogP contribution >= 0.6 is 0 Å². The minimum Gasteiger partial charge on any atom is -0.493 e. The van der Waals surface area contributed by atoms with Crippen molar-refractivity contribution in [3.8, 4) is 11.4 Å². The van der Waals surface area contributed by atoms with Gasteiger partial charge in [0.1, 0.15) is 11.6 Å². The van der Waals surface area contributed by atoms with E-state index < -0.39 is 0 Å². The van der Waals surface area contributed by atoms with E-state index in [-0.39, 0.29) is 17.8 Å². The van der Waals surface area contributed by atoms with Crippen LogP contribution in [0.2, 0.25) is 0 Å². The summed E-state index contributed by atoms with van der Waals surface area (Å²) < 4.78 is 21.3. The number of ether oxygens (including phenoxy) is 1. The average Bonchev–Trinajstić information content (AvgIpc) is 3.20. The van der Waals surface area contributed by atoms with E-state index in [0.717, 1.165) is 52.9 Å². The third-order valence-corrected chi connectivity index (χ3v) is 6.29. The van der Waals surface area contributed by atoms with E-state index in [1.165, 1.54) is 12.1 Å². The summed E-state index contributed by atoms with van der Waals surface area (Å²) in [5, 5.41) is 0. The Kier molecular flexibility index (Phi) is 5.29. The fourth-order valence-electron chi connectivity index (χ4n) is 4.74. The number of aromatic nitrogens is 2. The number of hydrogen-bond acceptors (Lipinski definition) is 3. The second-order valence-corrected chi connectivity index (χ2v) is 8.58. The van der Waals surface area contributed by atoms with Gasteiger partial charge in [-0.15, -0.1) is 0 Å². The summed E-state index contributed by atoms with van der Waals surface area (Å²) in [5.41, 5.74) is 5.90. The van der Waals surface area contributed by atoms with Crippen molar-refractivity contribution in [3.63, 3.8) is 0 Å². The number of imidazole rings is 1. The van der Waals surface area contributed by atoms with Gasteiger partial charge in [0.15, 0.2) is 0 Å². The molecule has 3 heterocycles. The molecule has 2 aromatic carbocycles. The summed E-state index contributed by atoms with van der Waals surface area (Å²) in [6.45, 7) is 5.23. The Morgan fingerprint density at radius 2 is 2.06 bits per heavy atom. The smallest absolute Gasteiger partial charge is 0.250 e. The molecule has 0 N–H and O–H groups in total. The summed E-state index contributed by atoms with van der Waals surface area (Å²) in [7, 11) is 0. The van der Waals surface area contributed by atoms with Crippen LogP contribution in [0.25, 0.3) is 11.8 Å². The van der Waals surface area contributed by atoms with Gasteiger partial charge in [-0.05, 0) is 62.1 Å². The van der Waals surface area contributed by atoms with Crippen LogP contribution in [0.1, 0.15) is 47.7 Å². The molecule has 0 unspecified atom stereocenters. The second-order valence-electron chi connectivity index (χ2n) is 8.58. The lowest BCUT2D eigenvalue weighted by Crippen LogP contribution is -2.41. The lowest BCUT2D eigenvalue weighted by molar-refractivity contribution is -0.131. The van der Waals surface area contributed by atoms with Gasteiger partial charge in [0.25, 0.3) is 0 Å². The first kappa shape index (κ1) is 20.5. The topological polar surface area (TPSA) is 47.4 Å². The van der Waals surface area contributed by atoms with E-state index in [1.807, 2.05) is 41.1 Å². The lowest BCUT2D eigenvalue weighted by atomic mass is 9.93. The van der Waals surface area contributed by atoms with Gasteiger partial charge in [-0.25, -0.2) is 9.37 Å². The minimum atomic E-state index is -0.320. The Hall–Kier alpha value is -3.41. The first-order valence-electron chi connectivity index (χ1n) is 11.0. The van der Waals surface area contributed by atoms with Crippen LogP contribution < -0.4 is 4.74 Å². The third-order valence-electron chi connectivity index (χ3n) is 6.29. The maximum absolute atomic E-state index is 13.6. The predicted molar refractivity (Wildman–Crippen MR) is 121 cm³/mol. The van der Waals surface area contributed by atoms with E-state index in [9.17, 15) is 9.18 Å². The van der Waals surface area contributed by atoms with Gasteiger partial charge < -0.3 is 14.2 Å². The molecule has 0 radical (unpaired) electrons. The van der Waals surface area contributed by atoms with E-state index in [1.54, 1.807) is 6.07 Å². The highest BCUT2D eigenvalue weighted by Gasteiger charge is 2.33. The quantitative estimate of drug-likeness (QED) is 0.539. The number of hydrogen-bond donors (Lipinski definition) is 0. The van der Waals surface area contributed by atoms with Crippen molar-refractivity contribution < 1.29 is 13.9 Å². The van der Waals surface area contributed by atoms with Crippen molar-refractivity contribution in [1.82, 2.24) is 14.5 Å². The zero-order valence-electron chi connectivity index (χ0n) is 18.3. The minimum absolute atomic E-state index is 0.0605. The molecule has 5 nitrogen and oxygen atoms in total. The summed E-state index contributed by atoms with van der Waals surface area (Å²) in [4.78, 5) is 19.7. The molecule has 1 atom stereocenters. The van der Waals surface area contributed by atoms with Gasteiger partial charge in [0, 0.05) is 42.1 Å². The van der Waals surface area contributed by atoms with Crippen LogP contribution in [-0.4, -0.2) is 33.5 Å². The summed E-state index contributed by atoms with van der Waals surface area (Å²) in [6, 6.07) is 10.7. The van der Waals surface area contributed by atoms with Crippen LogP contribution in [0.5, 0.6) is 5.75 Å². The maximum atomic E-state index is 13.6. The van der Waals surface area contributed by atoms with Crippen molar-refractivity contribution in [2.45, 2.75) is 39.2 Å². The zero-order valence-corrected chi connectivity index (χ0v) is 18.3. The SMILES string of the molecule is Cc1cn(-c2ccc(/C=C3\CCCN([C@@H]4CCOc5cc(F)ccc54)C3=O)cc2C)cn1. The maximum Gasteiger partial charge on any atom is 0.250 e. The van der Waals surface area contributed by atoms with Crippen LogP contribution in [0.3, 0.4) is 0 Å². The first-order valence-corrected chi connectivity index (χ1v) is 11.0. The highest BCUT2D eigenvalue weighted by Crippen LogP contribution is 2.39. The molecule has 3 aromatic rings. The van der Waals surface area contributed by atoms with E-state index in [2.05, 4.69) is 24.0 Å². The van der Waals surface area contributed by atoms with Gasteiger partial charge in [0.05, 0.1) is 24.7 Å². The Morgan fingerprint density at radius 3 is 2.84 bits per heavy atom. The van der Waals surface area contributed by atoms with Crippen LogP contribution in [-0.2, 0) is 4.79 Å². The van der Waals surface area contributed by atoms with Gasteiger partial charge in [-0.2, -0.15) is 0 Å². The highest BCUT2D eigenvalue weighted by molar-refractivity contribution is 5.98. The number of benzene rings is 2. The Morgan fingerprint density at radius 1 is 1.19 bits per heavy atom. The van der Waals surface area contributed by atoms with Crippen molar-refractivity contribution in [1.29, 1.82) is 0 Å². The van der Waals surface area contributed by atoms with E-state index in [4.69, 9.17) is 4.74 Å². The first-order chi connectivity index (χ1) is 15.5. The third kappa shape index (κ3) is 3.81. The number of carbonyl (C=O) groups excluding carboxylic acids is 1. The number of piperidine rings is 1. The molecule has 2 aliphatic heterocycles. The number of halogens is 1. The van der Waals surface area contributed by atoms with Crippen molar-refractivity contribution in [3.05, 3.63) is 82.7 Å². The fraction of sp³-hybridized carbons (Fsp3) is 0.308. The zero-order chi connectivity index (χ0) is 22.2. The molecule has 0 saturated carbocycles. The number of aryl methyl sites for hydroxylation is 2. The summed E-state index contributed by atoms with van der Waals surface area (Å²) >= 11 is 0. The van der Waals surface area contributed by atoms with Gasteiger partial charge in [-0.3, -0.25) is 4.79 Å². The largest absolute Gasteiger partial charge is 0.493 e. The normalized spacial score (nSPS) is 19.7. The lowest BCUT2D eigenvalue weighted by Gasteiger charge is -2.38. The molecule has 1 aromatic heterocycles. The molecule has 5 rings (SSSR count). The Balaban J connectivity index is 1.41. The second kappa shape index (κ2) is 8.26. The standard InChI is InChI=1S/C26H26FN3O2/c1-17-12-19(5-8-23(17)29-15-18(2)28-16-29)13-20-4-3-10-30(26(20)31)24-9-11-32-25-14-21(27)6-7-22(24)25/h5-8,12-16,24H,3-4,9-11H2,1-2H3/b20-13+/t24-/m1/s1. The Bertz CT molecular complexity index is 1210. The van der Waals surface area contributed by atoms with Crippen molar-refractivity contribution in [2.75, 3.05) is 13.2 Å². The monoisotopic (exact) mass is 431 g/mol. The predicted octanol–water partition coefficient (Wildman–Crippen LogP) is 5.16. The van der Waals surface area contributed by atoms with Crippen LogP contribution in [0.15, 0.2) is 54.5 Å². The van der Waals surface area contributed by atoms with Crippen LogP contribution in [0.4, 0.5) is 4.39 Å². The summed E-state index contributed by atoms with van der Waals surface area (Å²) in [5.74, 6) is 0.288. The fourth-order valence-corrected chi connectivity index (χ4v) is 4.74. The molecule has 1 saturated heterocycles. The molecule has 164 valence electrons. The molecule has 0 bridgehead atoms. The molecule has 32 heavy (non-hydrogen) atoms. The average molecular weight is 432 g/mol. The molecular weight excluding hydrogens is 405 g/mol. The Labute approximate surface area is 187 Å². The van der Waals surface area contributed by atoms with Crippen LogP contribution in [0, 0.1) is 19.7 Å². The molecule has 0 spiro atoms. The highest BCUT2D eigenvalue weighted by atomic mass is 19.1. The van der Waals surface area contributed by atoms with Gasteiger partial charge >= 0.3 is 0 Å². The summed E-state index contributed by atoms with van der Waals surface area (Å²) in [6.07, 6.45) is 8.22. The number of rotatable bonds is 3. The van der Waals surface area contributed by atoms with E-state index in [0.29, 0.717) is 18.9 Å². The molecule has 2 aliphatic rings. The van der Waals surface area contributed by atoms with Gasteiger partial charge in [0.2, 0.25) is 5.91 Å². The van der Waals surface area contributed by atoms with Crippen molar-refractivity contribution >= 4 is 12.0 Å². The number of nitrogens with zero attached hydrogens (tertiary/aromatic N) is 3. The van der Waals surface area contributed by atoms with Crippen molar-refractivity contribution in [2.24, 2.45) is 0 Å².